The van der Waals surface area contributed by atoms with Crippen LogP contribution >= 0.6 is 0 Å². The van der Waals surface area contributed by atoms with E-state index < -0.39 is 0 Å². The molecule has 6 nitrogen and oxygen atoms in total. The molecule has 1 aromatic carbocycles. The van der Waals surface area contributed by atoms with Crippen molar-refractivity contribution in [1.29, 1.82) is 0 Å². The zero-order valence-corrected chi connectivity index (χ0v) is 16.1. The summed E-state index contributed by atoms with van der Waals surface area (Å²) in [6.07, 6.45) is 3.15. The van der Waals surface area contributed by atoms with Crippen molar-refractivity contribution in [1.82, 2.24) is 10.2 Å². The number of furan rings is 1. The second kappa shape index (κ2) is 8.29. The average Bonchev–Trinajstić information content (AvgIpc) is 3.09. The fourth-order valence-corrected chi connectivity index (χ4v) is 3.22. The summed E-state index contributed by atoms with van der Waals surface area (Å²) < 4.78 is 11.3. The largest absolute Gasteiger partial charge is 0.490 e. The smallest absolute Gasteiger partial charge is 0.255 e. The van der Waals surface area contributed by atoms with Crippen LogP contribution in [-0.4, -0.2) is 42.5 Å². The van der Waals surface area contributed by atoms with E-state index in [1.807, 2.05) is 13.8 Å². The van der Waals surface area contributed by atoms with Gasteiger partial charge in [0.15, 0.2) is 0 Å². The van der Waals surface area contributed by atoms with E-state index >= 15 is 0 Å². The normalized spacial score (nSPS) is 14.9. The molecule has 0 unspecified atom stereocenters. The summed E-state index contributed by atoms with van der Waals surface area (Å²) in [5, 5.41) is 2.67. The minimum atomic E-state index is -0.289. The van der Waals surface area contributed by atoms with Gasteiger partial charge in [-0.2, -0.15) is 0 Å². The van der Waals surface area contributed by atoms with E-state index in [2.05, 4.69) is 23.5 Å². The number of aryl methyl sites for hydroxylation is 3. The number of benzene rings is 1. The Kier molecular flexibility index (Phi) is 5.84. The third-order valence-electron chi connectivity index (χ3n) is 4.94. The first-order valence-corrected chi connectivity index (χ1v) is 9.28. The number of ether oxygens (including phenoxy) is 1. The number of piperidine rings is 1. The Balaban J connectivity index is 1.46. The minimum Gasteiger partial charge on any atom is -0.490 e. The van der Waals surface area contributed by atoms with Gasteiger partial charge in [0.2, 0.25) is 5.91 Å². The molecule has 6 heteroatoms. The molecule has 1 aliphatic rings. The van der Waals surface area contributed by atoms with E-state index in [0.29, 0.717) is 24.4 Å². The zero-order valence-electron chi connectivity index (χ0n) is 16.1. The van der Waals surface area contributed by atoms with Crippen LogP contribution in [0.5, 0.6) is 5.75 Å². The maximum absolute atomic E-state index is 12.4. The first kappa shape index (κ1) is 19.0. The topological polar surface area (TPSA) is 71.8 Å². The van der Waals surface area contributed by atoms with Crippen LogP contribution in [0.3, 0.4) is 0 Å². The third kappa shape index (κ3) is 4.70. The molecule has 2 amide bonds. The first-order valence-electron chi connectivity index (χ1n) is 9.28. The number of rotatable bonds is 5. The number of nitrogens with one attached hydrogen (secondary N) is 1. The van der Waals surface area contributed by atoms with Gasteiger partial charge in [-0.1, -0.05) is 12.1 Å². The van der Waals surface area contributed by atoms with Gasteiger partial charge in [0, 0.05) is 25.9 Å². The van der Waals surface area contributed by atoms with Crippen molar-refractivity contribution in [3.8, 4) is 5.75 Å². The van der Waals surface area contributed by atoms with Crippen LogP contribution < -0.4 is 10.1 Å². The van der Waals surface area contributed by atoms with E-state index in [0.717, 1.165) is 24.2 Å². The van der Waals surface area contributed by atoms with Crippen LogP contribution in [0.4, 0.5) is 0 Å². The highest BCUT2D eigenvalue weighted by Crippen LogP contribution is 2.24. The number of nitrogens with zero attached hydrogens (tertiary/aromatic N) is 1. The number of likely N-dealkylation sites (tertiary alicyclic amines) is 1. The van der Waals surface area contributed by atoms with Gasteiger partial charge in [0.1, 0.15) is 17.6 Å². The molecule has 144 valence electrons. The Morgan fingerprint density at radius 3 is 2.59 bits per heavy atom. The minimum absolute atomic E-state index is 0.00797. The standard InChI is InChI=1S/C21H26N2O4/c1-14-4-5-15(2)19(12-14)27-17-6-9-23(10-7-17)20(24)13-22-21(25)18-8-11-26-16(18)3/h4-5,8,11-12,17H,6-7,9-10,13H2,1-3H3,(H,22,25). The highest BCUT2D eigenvalue weighted by Gasteiger charge is 2.24. The fourth-order valence-electron chi connectivity index (χ4n) is 3.22. The van der Waals surface area contributed by atoms with Gasteiger partial charge >= 0.3 is 0 Å². The molecule has 27 heavy (non-hydrogen) atoms. The van der Waals surface area contributed by atoms with Gasteiger partial charge in [0.05, 0.1) is 18.4 Å². The van der Waals surface area contributed by atoms with Gasteiger partial charge in [-0.15, -0.1) is 0 Å². The molecule has 2 heterocycles. The molecule has 0 spiro atoms. The molecule has 1 aromatic heterocycles. The predicted octanol–water partition coefficient (Wildman–Crippen LogP) is 3.00. The van der Waals surface area contributed by atoms with Crippen molar-refractivity contribution in [3.05, 3.63) is 53.0 Å². The summed E-state index contributed by atoms with van der Waals surface area (Å²) in [7, 11) is 0. The summed E-state index contributed by atoms with van der Waals surface area (Å²) in [6, 6.07) is 7.79. The lowest BCUT2D eigenvalue weighted by molar-refractivity contribution is -0.131. The Labute approximate surface area is 159 Å². The molecule has 0 radical (unpaired) electrons. The fraction of sp³-hybridized carbons (Fsp3) is 0.429. The van der Waals surface area contributed by atoms with Crippen LogP contribution in [0.2, 0.25) is 0 Å². The molecule has 0 bridgehead atoms. The maximum atomic E-state index is 12.4. The van der Waals surface area contributed by atoms with Gasteiger partial charge in [-0.05, 0) is 44.0 Å². The third-order valence-corrected chi connectivity index (χ3v) is 4.94. The number of carbonyl (C=O) groups excluding carboxylic acids is 2. The van der Waals surface area contributed by atoms with Crippen molar-refractivity contribution in [3.63, 3.8) is 0 Å². The molecule has 0 saturated carbocycles. The van der Waals surface area contributed by atoms with Crippen LogP contribution in [0.1, 0.15) is 40.1 Å². The van der Waals surface area contributed by atoms with Crippen LogP contribution in [0.15, 0.2) is 34.9 Å². The lowest BCUT2D eigenvalue weighted by Crippen LogP contribution is -2.46. The van der Waals surface area contributed by atoms with E-state index in [4.69, 9.17) is 9.15 Å². The first-order chi connectivity index (χ1) is 12.9. The van der Waals surface area contributed by atoms with Crippen molar-refractivity contribution >= 4 is 11.8 Å². The van der Waals surface area contributed by atoms with Gasteiger partial charge < -0.3 is 19.4 Å². The van der Waals surface area contributed by atoms with Crippen LogP contribution in [0, 0.1) is 20.8 Å². The van der Waals surface area contributed by atoms with Crippen molar-refractivity contribution < 1.29 is 18.7 Å². The number of hydrogen-bond donors (Lipinski definition) is 1. The molecular formula is C21H26N2O4. The van der Waals surface area contributed by atoms with E-state index in [-0.39, 0.29) is 24.5 Å². The summed E-state index contributed by atoms with van der Waals surface area (Å²) in [5.41, 5.74) is 2.76. The Hall–Kier alpha value is -2.76. The summed E-state index contributed by atoms with van der Waals surface area (Å²) in [5.74, 6) is 1.10. The van der Waals surface area contributed by atoms with Crippen molar-refractivity contribution in [2.45, 2.75) is 39.7 Å². The molecule has 1 fully saturated rings. The van der Waals surface area contributed by atoms with Crippen molar-refractivity contribution in [2.75, 3.05) is 19.6 Å². The monoisotopic (exact) mass is 370 g/mol. The lowest BCUT2D eigenvalue weighted by atomic mass is 10.1. The average molecular weight is 370 g/mol. The zero-order chi connectivity index (χ0) is 19.4. The van der Waals surface area contributed by atoms with Gasteiger partial charge in [0.25, 0.3) is 5.91 Å². The second-order valence-corrected chi connectivity index (χ2v) is 7.04. The SMILES string of the molecule is Cc1ccc(C)c(OC2CCN(C(=O)CNC(=O)c3ccoc3C)CC2)c1. The molecule has 0 aliphatic carbocycles. The number of hydrogen-bond acceptors (Lipinski definition) is 4. The quantitative estimate of drug-likeness (QED) is 0.878. The Morgan fingerprint density at radius 1 is 1.19 bits per heavy atom. The Bertz CT molecular complexity index is 819. The molecule has 0 atom stereocenters. The van der Waals surface area contributed by atoms with E-state index in [1.54, 1.807) is 17.9 Å². The Morgan fingerprint density at radius 2 is 1.93 bits per heavy atom. The molecule has 1 N–H and O–H groups in total. The highest BCUT2D eigenvalue weighted by atomic mass is 16.5. The maximum Gasteiger partial charge on any atom is 0.255 e. The summed E-state index contributed by atoms with van der Waals surface area (Å²) in [4.78, 5) is 26.2. The number of amides is 2. The molecule has 2 aromatic rings. The molecule has 3 rings (SSSR count). The van der Waals surface area contributed by atoms with E-state index in [1.165, 1.54) is 11.8 Å². The molecular weight excluding hydrogens is 344 g/mol. The second-order valence-electron chi connectivity index (χ2n) is 7.04. The van der Waals surface area contributed by atoms with Crippen LogP contribution in [0.25, 0.3) is 0 Å². The predicted molar refractivity (Wildman–Crippen MR) is 102 cm³/mol. The molecule has 1 aliphatic heterocycles. The highest BCUT2D eigenvalue weighted by molar-refractivity contribution is 5.97. The van der Waals surface area contributed by atoms with Gasteiger partial charge in [-0.3, -0.25) is 9.59 Å². The van der Waals surface area contributed by atoms with Gasteiger partial charge in [-0.25, -0.2) is 0 Å². The number of carbonyl (C=O) groups is 2. The van der Waals surface area contributed by atoms with Crippen LogP contribution in [-0.2, 0) is 4.79 Å². The van der Waals surface area contributed by atoms with E-state index in [9.17, 15) is 9.59 Å². The van der Waals surface area contributed by atoms with Crippen molar-refractivity contribution in [2.24, 2.45) is 0 Å². The summed E-state index contributed by atoms with van der Waals surface area (Å²) in [6.45, 7) is 7.07. The molecule has 1 saturated heterocycles. The lowest BCUT2D eigenvalue weighted by Gasteiger charge is -2.32. The summed E-state index contributed by atoms with van der Waals surface area (Å²) >= 11 is 0.